The number of carbonyl (C=O) groups is 2. The van der Waals surface area contributed by atoms with Gasteiger partial charge in [0.25, 0.3) is 11.8 Å². The molecule has 0 saturated carbocycles. The number of piperazine rings is 1. The zero-order valence-corrected chi connectivity index (χ0v) is 18.5. The number of rotatable bonds is 4. The zero-order valence-electron chi connectivity index (χ0n) is 16.3. The maximum absolute atomic E-state index is 12.5. The van der Waals surface area contributed by atoms with Crippen molar-refractivity contribution in [2.75, 3.05) is 36.4 Å². The van der Waals surface area contributed by atoms with Crippen LogP contribution < -0.4 is 10.2 Å². The fourth-order valence-corrected chi connectivity index (χ4v) is 3.99. The number of anilines is 2. The Morgan fingerprint density at radius 3 is 2.29 bits per heavy atom. The van der Waals surface area contributed by atoms with Crippen LogP contribution in [0.2, 0.25) is 15.1 Å². The lowest BCUT2D eigenvalue weighted by atomic mass is 10.2. The van der Waals surface area contributed by atoms with Crippen LogP contribution in [0.15, 0.2) is 59.2 Å². The molecule has 160 valence electrons. The Morgan fingerprint density at radius 1 is 0.871 bits per heavy atom. The molecule has 0 unspecified atom stereocenters. The average Bonchev–Trinajstić information content (AvgIpc) is 3.30. The molecule has 1 N–H and O–H groups in total. The van der Waals surface area contributed by atoms with Gasteiger partial charge >= 0.3 is 0 Å². The van der Waals surface area contributed by atoms with Gasteiger partial charge in [-0.05, 0) is 48.5 Å². The van der Waals surface area contributed by atoms with Crippen molar-refractivity contribution >= 4 is 58.0 Å². The highest BCUT2D eigenvalue weighted by Gasteiger charge is 2.24. The molecule has 2 aromatic carbocycles. The molecule has 2 amide bonds. The summed E-state index contributed by atoms with van der Waals surface area (Å²) in [4.78, 5) is 28.7. The van der Waals surface area contributed by atoms with E-state index in [4.69, 9.17) is 39.2 Å². The highest BCUT2D eigenvalue weighted by Crippen LogP contribution is 2.30. The largest absolute Gasteiger partial charge is 0.459 e. The van der Waals surface area contributed by atoms with Crippen molar-refractivity contribution in [1.29, 1.82) is 0 Å². The van der Waals surface area contributed by atoms with Crippen molar-refractivity contribution in [3.8, 4) is 0 Å². The molecule has 2 heterocycles. The van der Waals surface area contributed by atoms with Crippen LogP contribution in [0.25, 0.3) is 0 Å². The molecule has 6 nitrogen and oxygen atoms in total. The molecule has 1 saturated heterocycles. The van der Waals surface area contributed by atoms with E-state index in [9.17, 15) is 9.59 Å². The fourth-order valence-electron chi connectivity index (χ4n) is 3.39. The number of halogens is 3. The standard InChI is InChI=1S/C22H18Cl3N3O3/c23-16-5-3-14(12-17(16)24)21(29)26-15-4-6-19(18(25)13-15)27-7-9-28(10-8-27)22(30)20-2-1-11-31-20/h1-6,11-13H,7-10H2,(H,26,29). The second-order valence-electron chi connectivity index (χ2n) is 7.01. The summed E-state index contributed by atoms with van der Waals surface area (Å²) >= 11 is 18.4. The van der Waals surface area contributed by atoms with E-state index in [1.54, 1.807) is 41.3 Å². The van der Waals surface area contributed by atoms with Crippen molar-refractivity contribution in [1.82, 2.24) is 4.90 Å². The number of hydrogen-bond acceptors (Lipinski definition) is 4. The van der Waals surface area contributed by atoms with Gasteiger partial charge in [-0.15, -0.1) is 0 Å². The molecule has 1 fully saturated rings. The topological polar surface area (TPSA) is 65.8 Å². The number of carbonyl (C=O) groups excluding carboxylic acids is 2. The third-order valence-electron chi connectivity index (χ3n) is 5.03. The third kappa shape index (κ3) is 4.82. The van der Waals surface area contributed by atoms with Crippen molar-refractivity contribution < 1.29 is 14.0 Å². The van der Waals surface area contributed by atoms with Gasteiger partial charge in [0.15, 0.2) is 5.76 Å². The quantitative estimate of drug-likeness (QED) is 0.541. The molecule has 31 heavy (non-hydrogen) atoms. The molecule has 0 radical (unpaired) electrons. The SMILES string of the molecule is O=C(Nc1ccc(N2CCN(C(=O)c3ccco3)CC2)c(Cl)c1)c1ccc(Cl)c(Cl)c1. The molecule has 9 heteroatoms. The lowest BCUT2D eigenvalue weighted by Crippen LogP contribution is -2.48. The average molecular weight is 479 g/mol. The summed E-state index contributed by atoms with van der Waals surface area (Å²) in [6.45, 7) is 2.40. The van der Waals surface area contributed by atoms with Gasteiger partial charge in [0, 0.05) is 37.4 Å². The smallest absolute Gasteiger partial charge is 0.289 e. The molecule has 1 aromatic heterocycles. The summed E-state index contributed by atoms with van der Waals surface area (Å²) in [7, 11) is 0. The van der Waals surface area contributed by atoms with Gasteiger partial charge < -0.3 is 19.5 Å². The first-order chi connectivity index (χ1) is 14.9. The first-order valence-corrected chi connectivity index (χ1v) is 10.7. The molecule has 0 bridgehead atoms. The van der Waals surface area contributed by atoms with Gasteiger partial charge in [0.1, 0.15) is 0 Å². The fraction of sp³-hybridized carbons (Fsp3) is 0.182. The van der Waals surface area contributed by atoms with E-state index in [1.807, 2.05) is 6.07 Å². The maximum atomic E-state index is 12.5. The van der Waals surface area contributed by atoms with Crippen LogP contribution in [0.4, 0.5) is 11.4 Å². The maximum Gasteiger partial charge on any atom is 0.289 e. The Bertz CT molecular complexity index is 1110. The van der Waals surface area contributed by atoms with Crippen LogP contribution in [-0.2, 0) is 0 Å². The van der Waals surface area contributed by atoms with E-state index in [0.717, 1.165) is 5.69 Å². The van der Waals surface area contributed by atoms with E-state index < -0.39 is 0 Å². The lowest BCUT2D eigenvalue weighted by Gasteiger charge is -2.36. The summed E-state index contributed by atoms with van der Waals surface area (Å²) in [6, 6.07) is 13.4. The van der Waals surface area contributed by atoms with E-state index in [2.05, 4.69) is 10.2 Å². The van der Waals surface area contributed by atoms with Crippen LogP contribution in [0.3, 0.4) is 0 Å². The highest BCUT2D eigenvalue weighted by atomic mass is 35.5. The zero-order chi connectivity index (χ0) is 22.0. The lowest BCUT2D eigenvalue weighted by molar-refractivity contribution is 0.0714. The second kappa shape index (κ2) is 9.22. The summed E-state index contributed by atoms with van der Waals surface area (Å²) in [5.74, 6) is -0.0860. The monoisotopic (exact) mass is 477 g/mol. The van der Waals surface area contributed by atoms with Gasteiger partial charge in [-0.2, -0.15) is 0 Å². The normalized spacial score (nSPS) is 13.9. The minimum atomic E-state index is -0.313. The molecular weight excluding hydrogens is 461 g/mol. The van der Waals surface area contributed by atoms with E-state index >= 15 is 0 Å². The predicted octanol–water partition coefficient (Wildman–Crippen LogP) is 5.45. The van der Waals surface area contributed by atoms with Crippen LogP contribution in [0.5, 0.6) is 0 Å². The van der Waals surface area contributed by atoms with E-state index in [0.29, 0.717) is 58.3 Å². The van der Waals surface area contributed by atoms with Crippen molar-refractivity contribution in [3.63, 3.8) is 0 Å². The number of hydrogen-bond donors (Lipinski definition) is 1. The Hall–Kier alpha value is -2.67. The molecular formula is C22H18Cl3N3O3. The Morgan fingerprint density at radius 2 is 1.65 bits per heavy atom. The summed E-state index contributed by atoms with van der Waals surface area (Å²) in [5.41, 5.74) is 1.81. The first kappa shape index (κ1) is 21.6. The van der Waals surface area contributed by atoms with Crippen LogP contribution >= 0.6 is 34.8 Å². The van der Waals surface area contributed by atoms with Crippen LogP contribution in [-0.4, -0.2) is 42.9 Å². The van der Waals surface area contributed by atoms with Gasteiger partial charge in [-0.25, -0.2) is 0 Å². The Labute approximate surface area is 194 Å². The summed E-state index contributed by atoms with van der Waals surface area (Å²) < 4.78 is 5.19. The van der Waals surface area contributed by atoms with Gasteiger partial charge in [-0.3, -0.25) is 9.59 Å². The van der Waals surface area contributed by atoms with Crippen LogP contribution in [0, 0.1) is 0 Å². The number of benzene rings is 2. The molecule has 4 rings (SSSR count). The third-order valence-corrected chi connectivity index (χ3v) is 6.07. The summed E-state index contributed by atoms with van der Waals surface area (Å²) in [5, 5.41) is 4.02. The molecule has 1 aliphatic heterocycles. The van der Waals surface area contributed by atoms with Crippen molar-refractivity contribution in [3.05, 3.63) is 81.2 Å². The van der Waals surface area contributed by atoms with E-state index in [-0.39, 0.29) is 11.8 Å². The van der Waals surface area contributed by atoms with Crippen LogP contribution in [0.1, 0.15) is 20.9 Å². The summed E-state index contributed by atoms with van der Waals surface area (Å²) in [6.07, 6.45) is 1.49. The number of nitrogens with one attached hydrogen (secondary N) is 1. The molecule has 3 aromatic rings. The first-order valence-electron chi connectivity index (χ1n) is 9.56. The molecule has 0 aliphatic carbocycles. The van der Waals surface area contributed by atoms with Gasteiger partial charge in [0.05, 0.1) is 27.0 Å². The van der Waals surface area contributed by atoms with Gasteiger partial charge in [0.2, 0.25) is 0 Å². The minimum Gasteiger partial charge on any atom is -0.459 e. The predicted molar refractivity (Wildman–Crippen MR) is 123 cm³/mol. The van der Waals surface area contributed by atoms with E-state index in [1.165, 1.54) is 12.3 Å². The number of nitrogens with zero attached hydrogens (tertiary/aromatic N) is 2. The van der Waals surface area contributed by atoms with Crippen molar-refractivity contribution in [2.24, 2.45) is 0 Å². The van der Waals surface area contributed by atoms with Crippen molar-refractivity contribution in [2.45, 2.75) is 0 Å². The minimum absolute atomic E-state index is 0.115. The molecule has 0 spiro atoms. The Kier molecular flexibility index (Phi) is 6.41. The number of furan rings is 1. The van der Waals surface area contributed by atoms with Gasteiger partial charge in [-0.1, -0.05) is 34.8 Å². The highest BCUT2D eigenvalue weighted by molar-refractivity contribution is 6.42. The second-order valence-corrected chi connectivity index (χ2v) is 8.23. The Balaban J connectivity index is 1.39. The molecule has 1 aliphatic rings. The number of amides is 2. The molecule has 0 atom stereocenters.